The summed E-state index contributed by atoms with van der Waals surface area (Å²) in [6, 6.07) is 0.228. The molecule has 1 atom stereocenters. The van der Waals surface area contributed by atoms with Gasteiger partial charge in [0.15, 0.2) is 0 Å². The molecule has 1 heterocycles. The molecule has 1 fully saturated rings. The number of hydrogen-bond acceptors (Lipinski definition) is 3. The highest BCUT2D eigenvalue weighted by molar-refractivity contribution is 5.14. The molecule has 0 aromatic rings. The van der Waals surface area contributed by atoms with E-state index in [1.807, 2.05) is 0 Å². The van der Waals surface area contributed by atoms with Crippen molar-refractivity contribution in [2.24, 2.45) is 0 Å². The standard InChI is InChI=1S/C17H31NO2/c1-3-18-16(15-11-7-10-14-19-15)17(20-4-2)12-8-5-6-9-13-17/h11,16,18H,3-10,12-14H2,1-2H3. The van der Waals surface area contributed by atoms with Gasteiger partial charge in [0.2, 0.25) is 0 Å². The van der Waals surface area contributed by atoms with Gasteiger partial charge in [-0.15, -0.1) is 0 Å². The molecule has 0 aromatic heterocycles. The van der Waals surface area contributed by atoms with E-state index in [2.05, 4.69) is 25.2 Å². The minimum Gasteiger partial charge on any atom is -0.496 e. The van der Waals surface area contributed by atoms with Crippen LogP contribution in [0.3, 0.4) is 0 Å². The highest BCUT2D eigenvalue weighted by Gasteiger charge is 2.42. The number of allylic oxidation sites excluding steroid dienone is 1. The first-order valence-corrected chi connectivity index (χ1v) is 8.52. The van der Waals surface area contributed by atoms with Gasteiger partial charge in [0.1, 0.15) is 5.76 Å². The lowest BCUT2D eigenvalue weighted by Gasteiger charge is -2.42. The van der Waals surface area contributed by atoms with Crippen molar-refractivity contribution in [3.8, 4) is 0 Å². The van der Waals surface area contributed by atoms with Crippen molar-refractivity contribution in [1.82, 2.24) is 5.32 Å². The Labute approximate surface area is 124 Å². The summed E-state index contributed by atoms with van der Waals surface area (Å²) in [6.07, 6.45) is 12.1. The summed E-state index contributed by atoms with van der Waals surface area (Å²) in [6.45, 7) is 6.89. The fourth-order valence-electron chi connectivity index (χ4n) is 3.66. The van der Waals surface area contributed by atoms with Crippen molar-refractivity contribution < 1.29 is 9.47 Å². The van der Waals surface area contributed by atoms with Gasteiger partial charge in [-0.2, -0.15) is 0 Å². The lowest BCUT2D eigenvalue weighted by atomic mass is 9.84. The van der Waals surface area contributed by atoms with Crippen LogP contribution in [0.2, 0.25) is 0 Å². The van der Waals surface area contributed by atoms with Crippen LogP contribution < -0.4 is 5.32 Å². The lowest BCUT2D eigenvalue weighted by Crippen LogP contribution is -2.54. The second-order valence-electron chi connectivity index (χ2n) is 6.00. The fraction of sp³-hybridized carbons (Fsp3) is 0.882. The molecule has 1 N–H and O–H groups in total. The Balaban J connectivity index is 2.22. The Morgan fingerprint density at radius 2 is 1.95 bits per heavy atom. The van der Waals surface area contributed by atoms with Gasteiger partial charge in [0, 0.05) is 6.61 Å². The van der Waals surface area contributed by atoms with Crippen LogP contribution in [-0.2, 0) is 9.47 Å². The third-order valence-corrected chi connectivity index (χ3v) is 4.56. The van der Waals surface area contributed by atoms with Crippen LogP contribution >= 0.6 is 0 Å². The van der Waals surface area contributed by atoms with E-state index in [-0.39, 0.29) is 11.6 Å². The molecule has 0 radical (unpaired) electrons. The summed E-state index contributed by atoms with van der Waals surface area (Å²) in [7, 11) is 0. The molecular weight excluding hydrogens is 250 g/mol. The summed E-state index contributed by atoms with van der Waals surface area (Å²) < 4.78 is 12.3. The summed E-state index contributed by atoms with van der Waals surface area (Å²) >= 11 is 0. The van der Waals surface area contributed by atoms with Crippen LogP contribution in [0.5, 0.6) is 0 Å². The molecule has 20 heavy (non-hydrogen) atoms. The topological polar surface area (TPSA) is 30.5 Å². The van der Waals surface area contributed by atoms with Gasteiger partial charge in [-0.3, -0.25) is 0 Å². The quantitative estimate of drug-likeness (QED) is 0.751. The third kappa shape index (κ3) is 3.76. The predicted molar refractivity (Wildman–Crippen MR) is 82.8 cm³/mol. The van der Waals surface area contributed by atoms with Crippen molar-refractivity contribution in [1.29, 1.82) is 0 Å². The summed E-state index contributed by atoms with van der Waals surface area (Å²) in [5.41, 5.74) is -0.0650. The maximum absolute atomic E-state index is 6.34. The first kappa shape index (κ1) is 15.8. The zero-order valence-electron chi connectivity index (χ0n) is 13.2. The number of hydrogen-bond donors (Lipinski definition) is 1. The molecule has 0 bridgehead atoms. The van der Waals surface area contributed by atoms with Gasteiger partial charge >= 0.3 is 0 Å². The minimum atomic E-state index is -0.0650. The Morgan fingerprint density at radius 1 is 1.20 bits per heavy atom. The summed E-state index contributed by atoms with van der Waals surface area (Å²) in [5.74, 6) is 1.13. The third-order valence-electron chi connectivity index (χ3n) is 4.56. The van der Waals surface area contributed by atoms with Gasteiger partial charge in [0.05, 0.1) is 18.2 Å². The van der Waals surface area contributed by atoms with Crippen molar-refractivity contribution in [2.75, 3.05) is 19.8 Å². The molecule has 0 saturated heterocycles. The van der Waals surface area contributed by atoms with Crippen molar-refractivity contribution >= 4 is 0 Å². The van der Waals surface area contributed by atoms with Gasteiger partial charge in [0.25, 0.3) is 0 Å². The zero-order chi connectivity index (χ0) is 14.3. The Kier molecular flexibility index (Phi) is 6.37. The molecule has 1 saturated carbocycles. The van der Waals surface area contributed by atoms with Crippen molar-refractivity contribution in [3.63, 3.8) is 0 Å². The van der Waals surface area contributed by atoms with Crippen LogP contribution in [0.15, 0.2) is 11.8 Å². The van der Waals surface area contributed by atoms with Gasteiger partial charge < -0.3 is 14.8 Å². The molecule has 1 aliphatic heterocycles. The predicted octanol–water partition coefficient (Wildman–Crippen LogP) is 3.79. The van der Waals surface area contributed by atoms with Crippen LogP contribution in [0.4, 0.5) is 0 Å². The summed E-state index contributed by atoms with van der Waals surface area (Å²) in [5, 5.41) is 3.66. The van der Waals surface area contributed by atoms with E-state index in [9.17, 15) is 0 Å². The fourth-order valence-corrected chi connectivity index (χ4v) is 3.66. The largest absolute Gasteiger partial charge is 0.496 e. The molecule has 0 spiro atoms. The maximum atomic E-state index is 6.34. The normalized spacial score (nSPS) is 24.4. The minimum absolute atomic E-state index is 0.0650. The molecule has 2 rings (SSSR count). The summed E-state index contributed by atoms with van der Waals surface area (Å²) in [4.78, 5) is 0. The van der Waals surface area contributed by atoms with Crippen LogP contribution in [0.1, 0.15) is 65.2 Å². The lowest BCUT2D eigenvalue weighted by molar-refractivity contribution is -0.0797. The van der Waals surface area contributed by atoms with Crippen LogP contribution in [0.25, 0.3) is 0 Å². The molecule has 1 unspecified atom stereocenters. The van der Waals surface area contributed by atoms with Crippen molar-refractivity contribution in [2.45, 2.75) is 76.9 Å². The van der Waals surface area contributed by atoms with E-state index < -0.39 is 0 Å². The zero-order valence-corrected chi connectivity index (χ0v) is 13.2. The smallest absolute Gasteiger partial charge is 0.112 e. The van der Waals surface area contributed by atoms with Crippen molar-refractivity contribution in [3.05, 3.63) is 11.8 Å². The molecule has 116 valence electrons. The Bertz CT molecular complexity index is 306. The Hall–Kier alpha value is -0.540. The Morgan fingerprint density at radius 3 is 2.50 bits per heavy atom. The van der Waals surface area contributed by atoms with E-state index in [0.29, 0.717) is 0 Å². The van der Waals surface area contributed by atoms with Crippen LogP contribution in [0, 0.1) is 0 Å². The molecule has 3 nitrogen and oxygen atoms in total. The van der Waals surface area contributed by atoms with Gasteiger partial charge in [-0.05, 0) is 45.2 Å². The molecule has 0 aromatic carbocycles. The van der Waals surface area contributed by atoms with E-state index in [4.69, 9.17) is 9.47 Å². The number of ether oxygens (including phenoxy) is 2. The number of nitrogens with one attached hydrogen (secondary N) is 1. The monoisotopic (exact) mass is 281 g/mol. The molecular formula is C17H31NO2. The SMILES string of the molecule is CCNC(C1=CCCCO1)C1(OCC)CCCCCC1. The average molecular weight is 281 g/mol. The first-order chi connectivity index (χ1) is 9.82. The van der Waals surface area contributed by atoms with Gasteiger partial charge in [-0.1, -0.05) is 32.6 Å². The second kappa shape index (κ2) is 8.04. The molecule has 1 aliphatic carbocycles. The van der Waals surface area contributed by atoms with Crippen LogP contribution in [-0.4, -0.2) is 31.4 Å². The molecule has 3 heteroatoms. The number of rotatable bonds is 6. The van der Waals surface area contributed by atoms with E-state index in [1.165, 1.54) is 25.7 Å². The highest BCUT2D eigenvalue weighted by atomic mass is 16.5. The first-order valence-electron chi connectivity index (χ1n) is 8.52. The van der Waals surface area contributed by atoms with E-state index >= 15 is 0 Å². The highest BCUT2D eigenvalue weighted by Crippen LogP contribution is 2.37. The average Bonchev–Trinajstić information content (AvgIpc) is 2.72. The van der Waals surface area contributed by atoms with Gasteiger partial charge in [-0.25, -0.2) is 0 Å². The van der Waals surface area contributed by atoms with E-state index in [0.717, 1.165) is 51.2 Å². The molecule has 0 amide bonds. The number of likely N-dealkylation sites (N-methyl/N-ethyl adjacent to an activating group) is 1. The second-order valence-corrected chi connectivity index (χ2v) is 6.00. The maximum Gasteiger partial charge on any atom is 0.112 e. The molecule has 2 aliphatic rings. The van der Waals surface area contributed by atoms with E-state index in [1.54, 1.807) is 0 Å².